The molecule has 0 aliphatic carbocycles. The first-order valence-electron chi connectivity index (χ1n) is 7.59. The topological polar surface area (TPSA) is 43.4 Å². The SMILES string of the molecule is COC(C(=O)C(=O)C(C)(C)C)(c1ccccc1)c1ccccc1. The third-order valence-corrected chi connectivity index (χ3v) is 3.87. The monoisotopic (exact) mass is 310 g/mol. The van der Waals surface area contributed by atoms with E-state index in [0.29, 0.717) is 11.1 Å². The van der Waals surface area contributed by atoms with Crippen LogP contribution in [0.3, 0.4) is 0 Å². The Balaban J connectivity index is 2.70. The lowest BCUT2D eigenvalue weighted by atomic mass is 9.75. The number of rotatable bonds is 5. The van der Waals surface area contributed by atoms with E-state index in [2.05, 4.69) is 0 Å². The average molecular weight is 310 g/mol. The van der Waals surface area contributed by atoms with Gasteiger partial charge in [0.05, 0.1) is 0 Å². The maximum atomic E-state index is 13.2. The Labute approximate surface area is 137 Å². The smallest absolute Gasteiger partial charge is 0.239 e. The summed E-state index contributed by atoms with van der Waals surface area (Å²) >= 11 is 0. The van der Waals surface area contributed by atoms with Gasteiger partial charge >= 0.3 is 0 Å². The van der Waals surface area contributed by atoms with Crippen molar-refractivity contribution in [2.24, 2.45) is 5.41 Å². The molecular weight excluding hydrogens is 288 g/mol. The van der Waals surface area contributed by atoms with Gasteiger partial charge in [-0.1, -0.05) is 81.4 Å². The quantitative estimate of drug-likeness (QED) is 0.790. The first-order chi connectivity index (χ1) is 10.8. The fourth-order valence-electron chi connectivity index (χ4n) is 2.60. The van der Waals surface area contributed by atoms with Gasteiger partial charge in [-0.3, -0.25) is 9.59 Å². The van der Waals surface area contributed by atoms with E-state index < -0.39 is 22.6 Å². The van der Waals surface area contributed by atoms with Gasteiger partial charge in [0.25, 0.3) is 0 Å². The Hall–Kier alpha value is -2.26. The number of benzene rings is 2. The van der Waals surface area contributed by atoms with Crippen LogP contribution in [-0.2, 0) is 19.9 Å². The van der Waals surface area contributed by atoms with Gasteiger partial charge in [0, 0.05) is 12.5 Å². The number of ether oxygens (including phenoxy) is 1. The highest BCUT2D eigenvalue weighted by atomic mass is 16.5. The molecule has 0 radical (unpaired) electrons. The third-order valence-electron chi connectivity index (χ3n) is 3.87. The Morgan fingerprint density at radius 3 is 1.43 bits per heavy atom. The van der Waals surface area contributed by atoms with Gasteiger partial charge in [0.1, 0.15) is 0 Å². The van der Waals surface area contributed by atoms with Crippen molar-refractivity contribution >= 4 is 11.6 Å². The van der Waals surface area contributed by atoms with E-state index in [0.717, 1.165) is 0 Å². The first kappa shape index (κ1) is 17.1. The molecule has 3 nitrogen and oxygen atoms in total. The molecule has 2 aromatic rings. The largest absolute Gasteiger partial charge is 0.360 e. The van der Waals surface area contributed by atoms with Crippen LogP contribution in [0.5, 0.6) is 0 Å². The zero-order valence-electron chi connectivity index (χ0n) is 14.0. The van der Waals surface area contributed by atoms with Crippen LogP contribution in [0.15, 0.2) is 60.7 Å². The second kappa shape index (κ2) is 6.47. The molecule has 0 aliphatic rings. The van der Waals surface area contributed by atoms with Crippen LogP contribution in [-0.4, -0.2) is 18.7 Å². The Morgan fingerprint density at radius 1 is 0.739 bits per heavy atom. The summed E-state index contributed by atoms with van der Waals surface area (Å²) in [6.45, 7) is 5.22. The number of methoxy groups -OCH3 is 1. The molecule has 0 unspecified atom stereocenters. The van der Waals surface area contributed by atoms with Crippen molar-refractivity contribution in [2.75, 3.05) is 7.11 Å². The number of hydrogen-bond donors (Lipinski definition) is 0. The van der Waals surface area contributed by atoms with Crippen LogP contribution < -0.4 is 0 Å². The minimum absolute atomic E-state index is 0.452. The summed E-state index contributed by atoms with van der Waals surface area (Å²) < 4.78 is 5.72. The summed E-state index contributed by atoms with van der Waals surface area (Å²) in [5, 5.41) is 0. The Bertz CT molecular complexity index is 642. The predicted octanol–water partition coefficient (Wildman–Crippen LogP) is 3.76. The van der Waals surface area contributed by atoms with Crippen LogP contribution in [0.4, 0.5) is 0 Å². The van der Waals surface area contributed by atoms with E-state index in [9.17, 15) is 9.59 Å². The molecule has 2 aromatic carbocycles. The summed E-state index contributed by atoms with van der Waals surface area (Å²) in [7, 11) is 1.47. The average Bonchev–Trinajstić information content (AvgIpc) is 2.56. The van der Waals surface area contributed by atoms with Crippen LogP contribution in [0.1, 0.15) is 31.9 Å². The van der Waals surface area contributed by atoms with Gasteiger partial charge in [0.2, 0.25) is 11.6 Å². The fourth-order valence-corrected chi connectivity index (χ4v) is 2.60. The zero-order chi connectivity index (χ0) is 17.1. The van der Waals surface area contributed by atoms with E-state index in [1.807, 2.05) is 60.7 Å². The number of Topliss-reactive ketones (excluding diaryl/α,β-unsaturated/α-hetero) is 2. The summed E-state index contributed by atoms with van der Waals surface area (Å²) in [4.78, 5) is 25.9. The lowest BCUT2D eigenvalue weighted by Crippen LogP contribution is -2.47. The van der Waals surface area contributed by atoms with Crippen molar-refractivity contribution in [3.05, 3.63) is 71.8 Å². The van der Waals surface area contributed by atoms with E-state index in [1.165, 1.54) is 7.11 Å². The molecule has 0 aliphatic heterocycles. The van der Waals surface area contributed by atoms with E-state index in [-0.39, 0.29) is 0 Å². The van der Waals surface area contributed by atoms with Crippen LogP contribution in [0, 0.1) is 5.41 Å². The predicted molar refractivity (Wildman–Crippen MR) is 90.1 cm³/mol. The highest BCUT2D eigenvalue weighted by Crippen LogP contribution is 2.36. The number of carbonyl (C=O) groups is 2. The summed E-state index contributed by atoms with van der Waals surface area (Å²) in [6, 6.07) is 18.3. The van der Waals surface area contributed by atoms with Gasteiger partial charge in [-0.2, -0.15) is 0 Å². The van der Waals surface area contributed by atoms with E-state index in [4.69, 9.17) is 4.74 Å². The van der Waals surface area contributed by atoms with Crippen molar-refractivity contribution in [1.82, 2.24) is 0 Å². The Morgan fingerprint density at radius 2 is 1.13 bits per heavy atom. The highest BCUT2D eigenvalue weighted by molar-refractivity contribution is 6.42. The lowest BCUT2D eigenvalue weighted by molar-refractivity contribution is -0.152. The second-order valence-corrected chi connectivity index (χ2v) is 6.53. The van der Waals surface area contributed by atoms with Crippen LogP contribution >= 0.6 is 0 Å². The maximum Gasteiger partial charge on any atom is 0.239 e. The molecule has 23 heavy (non-hydrogen) atoms. The molecule has 0 atom stereocenters. The van der Waals surface area contributed by atoms with Gasteiger partial charge in [-0.05, 0) is 11.1 Å². The summed E-state index contributed by atoms with van der Waals surface area (Å²) in [5.74, 6) is -1.00. The molecule has 0 saturated carbocycles. The standard InChI is InChI=1S/C20H22O3/c1-19(2,3)17(21)18(22)20(23-4,15-11-7-5-8-12-15)16-13-9-6-10-14-16/h5-14H,1-4H3. The van der Waals surface area contributed by atoms with Crippen molar-refractivity contribution in [3.8, 4) is 0 Å². The normalized spacial score (nSPS) is 12.0. The molecule has 0 saturated heterocycles. The van der Waals surface area contributed by atoms with Gasteiger partial charge in [-0.15, -0.1) is 0 Å². The van der Waals surface area contributed by atoms with E-state index in [1.54, 1.807) is 20.8 Å². The fraction of sp³-hybridized carbons (Fsp3) is 0.300. The molecule has 2 rings (SSSR count). The zero-order valence-corrected chi connectivity index (χ0v) is 14.0. The summed E-state index contributed by atoms with van der Waals surface area (Å²) in [5.41, 5.74) is -0.898. The minimum Gasteiger partial charge on any atom is -0.360 e. The van der Waals surface area contributed by atoms with Crippen LogP contribution in [0.2, 0.25) is 0 Å². The van der Waals surface area contributed by atoms with Crippen LogP contribution in [0.25, 0.3) is 0 Å². The number of hydrogen-bond acceptors (Lipinski definition) is 3. The molecule has 0 N–H and O–H groups in total. The van der Waals surface area contributed by atoms with Crippen molar-refractivity contribution in [2.45, 2.75) is 26.4 Å². The first-order valence-corrected chi connectivity index (χ1v) is 7.59. The van der Waals surface area contributed by atoms with Gasteiger partial charge < -0.3 is 4.74 Å². The maximum absolute atomic E-state index is 13.2. The molecule has 0 bridgehead atoms. The van der Waals surface area contributed by atoms with Gasteiger partial charge in [-0.25, -0.2) is 0 Å². The molecule has 0 heterocycles. The molecule has 3 heteroatoms. The molecule has 0 amide bonds. The van der Waals surface area contributed by atoms with Crippen molar-refractivity contribution in [3.63, 3.8) is 0 Å². The third kappa shape index (κ3) is 3.10. The molecule has 120 valence electrons. The van der Waals surface area contributed by atoms with Crippen molar-refractivity contribution in [1.29, 1.82) is 0 Å². The number of carbonyl (C=O) groups excluding carboxylic acids is 2. The summed E-state index contributed by atoms with van der Waals surface area (Å²) in [6.07, 6.45) is 0. The van der Waals surface area contributed by atoms with Crippen molar-refractivity contribution < 1.29 is 14.3 Å². The molecule has 0 aromatic heterocycles. The van der Waals surface area contributed by atoms with E-state index >= 15 is 0 Å². The second-order valence-electron chi connectivity index (χ2n) is 6.53. The van der Waals surface area contributed by atoms with Gasteiger partial charge in [0.15, 0.2) is 5.60 Å². The molecule has 0 spiro atoms. The molecular formula is C20H22O3. The minimum atomic E-state index is -1.42. The number of ketones is 2. The lowest BCUT2D eigenvalue weighted by Gasteiger charge is -2.33. The molecule has 0 fully saturated rings. The highest BCUT2D eigenvalue weighted by Gasteiger charge is 2.48. The Kier molecular flexibility index (Phi) is 4.81.